The molecule has 11 heteroatoms. The molecule has 1 atom stereocenters. The molecule has 0 unspecified atom stereocenters. The Morgan fingerprint density at radius 3 is 2.28 bits per heavy atom. The zero-order valence-corrected chi connectivity index (χ0v) is 21.1. The average Bonchev–Trinajstić information content (AvgIpc) is 2.91. The molecule has 202 valence electrons. The number of fused-ring (bicyclic) bond motifs is 1. The lowest BCUT2D eigenvalue weighted by Crippen LogP contribution is -2.43. The number of ether oxygens (including phenoxy) is 1. The summed E-state index contributed by atoms with van der Waals surface area (Å²) < 4.78 is 35.4. The lowest BCUT2D eigenvalue weighted by atomic mass is 9.97. The Kier molecular flexibility index (Phi) is 8.01. The van der Waals surface area contributed by atoms with Gasteiger partial charge in [-0.15, -0.1) is 0 Å². The second-order valence-corrected chi connectivity index (χ2v) is 8.80. The van der Waals surface area contributed by atoms with Gasteiger partial charge in [0.2, 0.25) is 0 Å². The normalized spacial score (nSPS) is 11.8. The number of carbonyl (C=O) groups is 2. The number of hydrogen-bond donors (Lipinski definition) is 2. The Hall–Kier alpha value is -4.64. The molecule has 0 aliphatic carbocycles. The SMILES string of the molecule is COC(=O)[C@H](Cc1cccc2c(-n3c(=O)c(CCO)cn(C)c3=O)cccc12)NC(=O)c1c(F)cccc1F. The number of carbonyl (C=O) groups excluding carboxylic acids is 2. The summed E-state index contributed by atoms with van der Waals surface area (Å²) in [6.07, 6.45) is 1.33. The van der Waals surface area contributed by atoms with E-state index < -0.39 is 46.4 Å². The van der Waals surface area contributed by atoms with Crippen LogP contribution in [0.2, 0.25) is 0 Å². The molecule has 0 saturated carbocycles. The van der Waals surface area contributed by atoms with E-state index >= 15 is 0 Å². The van der Waals surface area contributed by atoms with Crippen molar-refractivity contribution in [1.82, 2.24) is 14.5 Å². The summed E-state index contributed by atoms with van der Waals surface area (Å²) in [5.74, 6) is -4.13. The molecule has 2 N–H and O–H groups in total. The molecule has 39 heavy (non-hydrogen) atoms. The number of esters is 1. The van der Waals surface area contributed by atoms with Crippen LogP contribution in [0, 0.1) is 11.6 Å². The maximum atomic E-state index is 14.2. The highest BCUT2D eigenvalue weighted by atomic mass is 19.1. The number of amides is 1. The number of nitrogens with one attached hydrogen (secondary N) is 1. The van der Waals surface area contributed by atoms with Crippen LogP contribution in [-0.2, 0) is 29.4 Å². The fraction of sp³-hybridized carbons (Fsp3) is 0.214. The number of hydrogen-bond acceptors (Lipinski definition) is 6. The van der Waals surface area contributed by atoms with Gasteiger partial charge in [-0.1, -0.05) is 36.4 Å². The van der Waals surface area contributed by atoms with Crippen molar-refractivity contribution in [3.8, 4) is 5.69 Å². The summed E-state index contributed by atoms with van der Waals surface area (Å²) in [5.41, 5.74) is -0.920. The number of aliphatic hydroxyl groups is 1. The third-order valence-corrected chi connectivity index (χ3v) is 6.34. The van der Waals surface area contributed by atoms with E-state index in [1.165, 1.54) is 17.8 Å². The van der Waals surface area contributed by atoms with Crippen molar-refractivity contribution in [3.63, 3.8) is 0 Å². The highest BCUT2D eigenvalue weighted by Gasteiger charge is 2.26. The molecule has 1 heterocycles. The van der Waals surface area contributed by atoms with Gasteiger partial charge >= 0.3 is 11.7 Å². The number of aliphatic hydroxyl groups excluding tert-OH is 1. The van der Waals surface area contributed by atoms with Crippen molar-refractivity contribution in [2.45, 2.75) is 18.9 Å². The fourth-order valence-corrected chi connectivity index (χ4v) is 4.47. The highest BCUT2D eigenvalue weighted by Crippen LogP contribution is 2.25. The Balaban J connectivity index is 1.79. The molecule has 4 rings (SSSR count). The minimum atomic E-state index is -1.31. The monoisotopic (exact) mass is 537 g/mol. The van der Waals surface area contributed by atoms with Crippen LogP contribution in [-0.4, -0.2) is 45.9 Å². The quantitative estimate of drug-likeness (QED) is 0.332. The van der Waals surface area contributed by atoms with Crippen LogP contribution in [0.5, 0.6) is 0 Å². The molecule has 0 aliphatic rings. The first-order valence-corrected chi connectivity index (χ1v) is 11.9. The predicted molar refractivity (Wildman–Crippen MR) is 139 cm³/mol. The Bertz CT molecular complexity index is 1680. The van der Waals surface area contributed by atoms with E-state index in [1.807, 2.05) is 0 Å². The second-order valence-electron chi connectivity index (χ2n) is 8.80. The van der Waals surface area contributed by atoms with Crippen LogP contribution < -0.4 is 16.6 Å². The molecule has 0 fully saturated rings. The smallest absolute Gasteiger partial charge is 0.335 e. The van der Waals surface area contributed by atoms with Crippen LogP contribution >= 0.6 is 0 Å². The summed E-state index contributed by atoms with van der Waals surface area (Å²) in [7, 11) is 2.62. The maximum Gasteiger partial charge on any atom is 0.335 e. The first-order valence-electron chi connectivity index (χ1n) is 11.9. The van der Waals surface area contributed by atoms with E-state index in [2.05, 4.69) is 5.32 Å². The van der Waals surface area contributed by atoms with Crippen LogP contribution in [0.15, 0.2) is 70.4 Å². The van der Waals surface area contributed by atoms with E-state index in [-0.39, 0.29) is 30.7 Å². The van der Waals surface area contributed by atoms with E-state index in [1.54, 1.807) is 36.4 Å². The lowest BCUT2D eigenvalue weighted by Gasteiger charge is -2.19. The lowest BCUT2D eigenvalue weighted by molar-refractivity contribution is -0.142. The van der Waals surface area contributed by atoms with Gasteiger partial charge in [0, 0.05) is 43.6 Å². The Morgan fingerprint density at radius 1 is 0.974 bits per heavy atom. The van der Waals surface area contributed by atoms with E-state index in [0.29, 0.717) is 16.3 Å². The first kappa shape index (κ1) is 27.4. The molecule has 0 saturated heterocycles. The van der Waals surface area contributed by atoms with Gasteiger partial charge in [0.1, 0.15) is 23.2 Å². The largest absolute Gasteiger partial charge is 0.467 e. The Labute approximate surface area is 220 Å². The zero-order valence-electron chi connectivity index (χ0n) is 21.1. The van der Waals surface area contributed by atoms with Gasteiger partial charge in [0.15, 0.2) is 0 Å². The van der Waals surface area contributed by atoms with Gasteiger partial charge in [0.25, 0.3) is 11.5 Å². The van der Waals surface area contributed by atoms with E-state index in [0.717, 1.165) is 29.9 Å². The summed E-state index contributed by atoms with van der Waals surface area (Å²) in [6.45, 7) is -0.273. The van der Waals surface area contributed by atoms with Gasteiger partial charge in [-0.05, 0) is 29.1 Å². The molecule has 0 spiro atoms. The van der Waals surface area contributed by atoms with Gasteiger partial charge in [0.05, 0.1) is 12.8 Å². The van der Waals surface area contributed by atoms with E-state index in [9.17, 15) is 33.1 Å². The molecule has 0 bridgehead atoms. The molecule has 1 amide bonds. The van der Waals surface area contributed by atoms with Gasteiger partial charge in [-0.3, -0.25) is 9.59 Å². The summed E-state index contributed by atoms with van der Waals surface area (Å²) in [6, 6.07) is 11.6. The molecule has 0 aliphatic heterocycles. The van der Waals surface area contributed by atoms with Gasteiger partial charge < -0.3 is 19.7 Å². The number of aryl methyl sites for hydroxylation is 1. The molecule has 1 aromatic heterocycles. The minimum absolute atomic E-state index is 0.0616. The molecular weight excluding hydrogens is 512 g/mol. The second kappa shape index (κ2) is 11.4. The van der Waals surface area contributed by atoms with Crippen LogP contribution in [0.3, 0.4) is 0 Å². The predicted octanol–water partition coefficient (Wildman–Crippen LogP) is 2.02. The number of benzene rings is 3. The first-order chi connectivity index (χ1) is 18.7. The molecule has 0 radical (unpaired) electrons. The van der Waals surface area contributed by atoms with Crippen molar-refractivity contribution in [2.24, 2.45) is 7.05 Å². The molecular formula is C28H25F2N3O6. The molecule has 4 aromatic rings. The zero-order chi connectivity index (χ0) is 28.3. The van der Waals surface area contributed by atoms with Crippen molar-refractivity contribution >= 4 is 22.6 Å². The standard InChI is InChI=1S/C28H25F2N3O6/c1-32-15-17(12-13-34)26(36)33(28(32)38)23-11-4-7-18-16(6-3-8-19(18)23)14-22(27(37)39-2)31-25(35)24-20(29)9-5-10-21(24)30/h3-11,15,22,34H,12-14H2,1-2H3,(H,31,35)/t22-/m0/s1. The number of rotatable bonds is 8. The average molecular weight is 538 g/mol. The van der Waals surface area contributed by atoms with Gasteiger partial charge in [-0.2, -0.15) is 0 Å². The van der Waals surface area contributed by atoms with Crippen molar-refractivity contribution in [3.05, 3.63) is 110 Å². The van der Waals surface area contributed by atoms with Crippen molar-refractivity contribution in [1.29, 1.82) is 0 Å². The number of methoxy groups -OCH3 is 1. The van der Waals surface area contributed by atoms with Crippen molar-refractivity contribution < 1.29 is 28.2 Å². The third-order valence-electron chi connectivity index (χ3n) is 6.34. The fourth-order valence-electron chi connectivity index (χ4n) is 4.47. The number of aromatic nitrogens is 2. The summed E-state index contributed by atoms with van der Waals surface area (Å²) in [5, 5.41) is 12.8. The Morgan fingerprint density at radius 2 is 1.62 bits per heavy atom. The third kappa shape index (κ3) is 5.34. The maximum absolute atomic E-state index is 14.2. The number of halogens is 2. The molecule has 9 nitrogen and oxygen atoms in total. The van der Waals surface area contributed by atoms with Crippen molar-refractivity contribution in [2.75, 3.05) is 13.7 Å². The number of nitrogens with zero attached hydrogens (tertiary/aromatic N) is 2. The van der Waals surface area contributed by atoms with Crippen LogP contribution in [0.4, 0.5) is 8.78 Å². The topological polar surface area (TPSA) is 120 Å². The van der Waals surface area contributed by atoms with Crippen LogP contribution in [0.25, 0.3) is 16.5 Å². The van der Waals surface area contributed by atoms with E-state index in [4.69, 9.17) is 4.74 Å². The minimum Gasteiger partial charge on any atom is -0.467 e. The molecule has 3 aromatic carbocycles. The highest BCUT2D eigenvalue weighted by molar-refractivity contribution is 5.98. The van der Waals surface area contributed by atoms with Crippen LogP contribution in [0.1, 0.15) is 21.5 Å². The summed E-state index contributed by atoms with van der Waals surface area (Å²) >= 11 is 0. The van der Waals surface area contributed by atoms with Gasteiger partial charge in [-0.25, -0.2) is 22.9 Å². The summed E-state index contributed by atoms with van der Waals surface area (Å²) in [4.78, 5) is 51.4.